The summed E-state index contributed by atoms with van der Waals surface area (Å²) in [7, 11) is 1.70. The fraction of sp³-hybridized carbons (Fsp3) is 0.647. The van der Waals surface area contributed by atoms with Crippen LogP contribution in [-0.4, -0.2) is 61.9 Å². The fourth-order valence-electron chi connectivity index (χ4n) is 3.18. The predicted octanol–water partition coefficient (Wildman–Crippen LogP) is 1.36. The number of amides is 1. The molecule has 1 aromatic heterocycles. The van der Waals surface area contributed by atoms with E-state index >= 15 is 0 Å². The Morgan fingerprint density at radius 2 is 2.30 bits per heavy atom. The van der Waals surface area contributed by atoms with E-state index in [0.29, 0.717) is 26.3 Å². The summed E-state index contributed by atoms with van der Waals surface area (Å²) in [6.07, 6.45) is 1.55. The molecule has 0 bridgehead atoms. The first-order valence-corrected chi connectivity index (χ1v) is 8.30. The van der Waals surface area contributed by atoms with Crippen LogP contribution >= 0.6 is 0 Å². The molecule has 1 saturated heterocycles. The Morgan fingerprint density at radius 1 is 1.43 bits per heavy atom. The summed E-state index contributed by atoms with van der Waals surface area (Å²) in [5, 5.41) is 0. The molecule has 2 aliphatic rings. The molecule has 1 atom stereocenters. The van der Waals surface area contributed by atoms with Gasteiger partial charge in [-0.3, -0.25) is 4.79 Å². The van der Waals surface area contributed by atoms with Gasteiger partial charge in [0, 0.05) is 51.2 Å². The second-order valence-corrected chi connectivity index (χ2v) is 6.18. The summed E-state index contributed by atoms with van der Waals surface area (Å²) < 4.78 is 10.8. The number of methoxy groups -OCH3 is 1. The molecule has 0 unspecified atom stereocenters. The smallest absolute Gasteiger partial charge is 0.252 e. The lowest BCUT2D eigenvalue weighted by molar-refractivity contribution is -0.141. The van der Waals surface area contributed by atoms with Crippen molar-refractivity contribution in [2.24, 2.45) is 0 Å². The van der Waals surface area contributed by atoms with Crippen molar-refractivity contribution in [2.45, 2.75) is 32.4 Å². The standard InChI is InChI=1S/C17H25N3O3/c1-13-5-6-14-12-20(17(21)15-4-3-10-23-15)8-7-19(9-11-22-2)16(14)18-13/h5-6,15H,3-4,7-12H2,1-2H3/t15-/m0/s1. The summed E-state index contributed by atoms with van der Waals surface area (Å²) in [4.78, 5) is 21.5. The largest absolute Gasteiger partial charge is 0.383 e. The van der Waals surface area contributed by atoms with Crippen LogP contribution in [0.25, 0.3) is 0 Å². The van der Waals surface area contributed by atoms with Crippen LogP contribution in [0, 0.1) is 6.92 Å². The summed E-state index contributed by atoms with van der Waals surface area (Å²) >= 11 is 0. The van der Waals surface area contributed by atoms with Crippen molar-refractivity contribution < 1.29 is 14.3 Å². The molecule has 1 fully saturated rings. The highest BCUT2D eigenvalue weighted by molar-refractivity contribution is 5.81. The lowest BCUT2D eigenvalue weighted by Gasteiger charge is -2.25. The molecule has 1 amide bonds. The first-order valence-electron chi connectivity index (χ1n) is 8.30. The number of fused-ring (bicyclic) bond motifs is 1. The third kappa shape index (κ3) is 3.64. The van der Waals surface area contributed by atoms with Gasteiger partial charge in [0.1, 0.15) is 11.9 Å². The van der Waals surface area contributed by atoms with E-state index in [1.807, 2.05) is 17.9 Å². The highest BCUT2D eigenvalue weighted by Gasteiger charge is 2.31. The predicted molar refractivity (Wildman–Crippen MR) is 87.5 cm³/mol. The van der Waals surface area contributed by atoms with E-state index in [0.717, 1.165) is 43.0 Å². The Balaban J connectivity index is 1.81. The Hall–Kier alpha value is -1.66. The highest BCUT2D eigenvalue weighted by atomic mass is 16.5. The van der Waals surface area contributed by atoms with Gasteiger partial charge in [-0.2, -0.15) is 0 Å². The van der Waals surface area contributed by atoms with Crippen molar-refractivity contribution in [1.29, 1.82) is 0 Å². The maximum absolute atomic E-state index is 12.7. The van der Waals surface area contributed by atoms with Gasteiger partial charge in [-0.1, -0.05) is 6.07 Å². The number of aromatic nitrogens is 1. The molecule has 6 heteroatoms. The molecule has 23 heavy (non-hydrogen) atoms. The quantitative estimate of drug-likeness (QED) is 0.839. The minimum atomic E-state index is -0.262. The molecule has 0 saturated carbocycles. The van der Waals surface area contributed by atoms with Crippen molar-refractivity contribution >= 4 is 11.7 Å². The van der Waals surface area contributed by atoms with Crippen LogP contribution in [0.15, 0.2) is 12.1 Å². The van der Waals surface area contributed by atoms with Crippen molar-refractivity contribution in [3.8, 4) is 0 Å². The number of hydrogen-bond acceptors (Lipinski definition) is 5. The molecule has 6 nitrogen and oxygen atoms in total. The van der Waals surface area contributed by atoms with Crippen LogP contribution in [0.3, 0.4) is 0 Å². The number of pyridine rings is 1. The zero-order valence-electron chi connectivity index (χ0n) is 14.0. The van der Waals surface area contributed by atoms with Gasteiger partial charge in [0.2, 0.25) is 0 Å². The van der Waals surface area contributed by atoms with E-state index in [1.165, 1.54) is 0 Å². The number of carbonyl (C=O) groups is 1. The first kappa shape index (κ1) is 16.2. The van der Waals surface area contributed by atoms with Crippen LogP contribution in [0.4, 0.5) is 5.82 Å². The van der Waals surface area contributed by atoms with Gasteiger partial charge in [-0.05, 0) is 25.8 Å². The van der Waals surface area contributed by atoms with Crippen molar-refractivity contribution in [2.75, 3.05) is 44.9 Å². The van der Waals surface area contributed by atoms with E-state index in [9.17, 15) is 4.79 Å². The van der Waals surface area contributed by atoms with Crippen LogP contribution in [0.2, 0.25) is 0 Å². The monoisotopic (exact) mass is 319 g/mol. The molecule has 0 radical (unpaired) electrons. The van der Waals surface area contributed by atoms with Gasteiger partial charge in [0.25, 0.3) is 5.91 Å². The molecular formula is C17H25N3O3. The normalized spacial score (nSPS) is 21.2. The number of anilines is 1. The van der Waals surface area contributed by atoms with Crippen molar-refractivity contribution in [3.63, 3.8) is 0 Å². The molecule has 0 aliphatic carbocycles. The topological polar surface area (TPSA) is 54.9 Å². The third-order valence-corrected chi connectivity index (χ3v) is 4.48. The Morgan fingerprint density at radius 3 is 3.04 bits per heavy atom. The average molecular weight is 319 g/mol. The van der Waals surface area contributed by atoms with E-state index in [-0.39, 0.29) is 12.0 Å². The van der Waals surface area contributed by atoms with Crippen LogP contribution in [0.5, 0.6) is 0 Å². The second-order valence-electron chi connectivity index (χ2n) is 6.18. The lowest BCUT2D eigenvalue weighted by Crippen LogP contribution is -2.41. The molecule has 126 valence electrons. The van der Waals surface area contributed by atoms with Gasteiger partial charge in [-0.25, -0.2) is 4.98 Å². The van der Waals surface area contributed by atoms with E-state index in [2.05, 4.69) is 11.0 Å². The Bertz CT molecular complexity index is 558. The zero-order valence-corrected chi connectivity index (χ0v) is 14.0. The van der Waals surface area contributed by atoms with Crippen LogP contribution in [0.1, 0.15) is 24.1 Å². The average Bonchev–Trinajstić information content (AvgIpc) is 3.03. The van der Waals surface area contributed by atoms with Crippen LogP contribution in [-0.2, 0) is 20.8 Å². The lowest BCUT2D eigenvalue weighted by atomic mass is 10.2. The highest BCUT2D eigenvalue weighted by Crippen LogP contribution is 2.25. The minimum absolute atomic E-state index is 0.114. The second kappa shape index (κ2) is 7.27. The summed E-state index contributed by atoms with van der Waals surface area (Å²) in [6, 6.07) is 4.09. The van der Waals surface area contributed by atoms with E-state index in [1.54, 1.807) is 7.11 Å². The summed E-state index contributed by atoms with van der Waals surface area (Å²) in [6.45, 7) is 6.18. The molecule has 3 rings (SSSR count). The van der Waals surface area contributed by atoms with Crippen molar-refractivity contribution in [1.82, 2.24) is 9.88 Å². The van der Waals surface area contributed by atoms with Crippen LogP contribution < -0.4 is 4.90 Å². The molecular weight excluding hydrogens is 294 g/mol. The number of ether oxygens (including phenoxy) is 2. The molecule has 0 spiro atoms. The fourth-order valence-corrected chi connectivity index (χ4v) is 3.18. The zero-order chi connectivity index (χ0) is 16.2. The molecule has 1 aromatic rings. The van der Waals surface area contributed by atoms with Gasteiger partial charge < -0.3 is 19.3 Å². The maximum Gasteiger partial charge on any atom is 0.252 e. The first-order chi connectivity index (χ1) is 11.2. The van der Waals surface area contributed by atoms with Gasteiger partial charge in [0.15, 0.2) is 0 Å². The summed E-state index contributed by atoms with van der Waals surface area (Å²) in [5.74, 6) is 1.09. The Labute approximate surface area is 137 Å². The number of nitrogens with zero attached hydrogens (tertiary/aromatic N) is 3. The Kier molecular flexibility index (Phi) is 5.13. The minimum Gasteiger partial charge on any atom is -0.383 e. The van der Waals surface area contributed by atoms with Gasteiger partial charge in [0.05, 0.1) is 6.61 Å². The third-order valence-electron chi connectivity index (χ3n) is 4.48. The molecule has 0 aromatic carbocycles. The molecule has 0 N–H and O–H groups in total. The SMILES string of the molecule is COCCN1CCN(C(=O)[C@@H]2CCCO2)Cc2ccc(C)nc21. The maximum atomic E-state index is 12.7. The van der Waals surface area contributed by atoms with Gasteiger partial charge in [-0.15, -0.1) is 0 Å². The van der Waals surface area contributed by atoms with Crippen molar-refractivity contribution in [3.05, 3.63) is 23.4 Å². The van der Waals surface area contributed by atoms with E-state index in [4.69, 9.17) is 14.5 Å². The van der Waals surface area contributed by atoms with E-state index < -0.39 is 0 Å². The molecule has 3 heterocycles. The number of rotatable bonds is 4. The number of aryl methyl sites for hydroxylation is 1. The van der Waals surface area contributed by atoms with Gasteiger partial charge >= 0.3 is 0 Å². The summed E-state index contributed by atoms with van der Waals surface area (Å²) in [5.41, 5.74) is 2.08. The number of carbonyl (C=O) groups excluding carboxylic acids is 1. The molecule has 2 aliphatic heterocycles. The number of hydrogen-bond donors (Lipinski definition) is 0.